The van der Waals surface area contributed by atoms with Crippen LogP contribution in [0.3, 0.4) is 0 Å². The molecule has 0 spiro atoms. The summed E-state index contributed by atoms with van der Waals surface area (Å²) >= 11 is 6.18. The van der Waals surface area contributed by atoms with Crippen molar-refractivity contribution in [2.24, 2.45) is 5.41 Å². The Bertz CT molecular complexity index is 723. The SMILES string of the molecule is C=C/C(=C\C=C(/C)c1nc(C)c(C(=O)OCC)c(Cl)n1)OCCC(C)(C)C. The zero-order chi connectivity index (χ0) is 20.6. The molecule has 0 saturated carbocycles. The molecule has 0 unspecified atom stereocenters. The van der Waals surface area contributed by atoms with Gasteiger partial charge in [0.1, 0.15) is 16.5 Å². The average Bonchev–Trinajstić information content (AvgIpc) is 2.56. The van der Waals surface area contributed by atoms with E-state index in [9.17, 15) is 4.79 Å². The van der Waals surface area contributed by atoms with Gasteiger partial charge in [0.25, 0.3) is 0 Å². The lowest BCUT2D eigenvalue weighted by molar-refractivity contribution is 0.0524. The van der Waals surface area contributed by atoms with E-state index in [1.807, 2.05) is 19.1 Å². The third kappa shape index (κ3) is 7.55. The van der Waals surface area contributed by atoms with Crippen LogP contribution in [0.2, 0.25) is 5.15 Å². The molecule has 6 heteroatoms. The maximum Gasteiger partial charge on any atom is 0.343 e. The predicted octanol–water partition coefficient (Wildman–Crippen LogP) is 5.54. The second kappa shape index (κ2) is 10.3. The van der Waals surface area contributed by atoms with E-state index in [0.717, 1.165) is 12.0 Å². The quantitative estimate of drug-likeness (QED) is 0.251. The van der Waals surface area contributed by atoms with Gasteiger partial charge in [-0.2, -0.15) is 0 Å². The number of carbonyl (C=O) groups is 1. The number of aryl methyl sites for hydroxylation is 1. The Morgan fingerprint density at radius 1 is 1.22 bits per heavy atom. The molecule has 0 bridgehead atoms. The van der Waals surface area contributed by atoms with Gasteiger partial charge in [0.15, 0.2) is 5.82 Å². The molecule has 0 aliphatic carbocycles. The summed E-state index contributed by atoms with van der Waals surface area (Å²) in [6.07, 6.45) is 6.25. The molecule has 148 valence electrons. The highest BCUT2D eigenvalue weighted by Crippen LogP contribution is 2.21. The van der Waals surface area contributed by atoms with Gasteiger partial charge >= 0.3 is 5.97 Å². The minimum absolute atomic E-state index is 0.0815. The summed E-state index contributed by atoms with van der Waals surface area (Å²) in [5, 5.41) is 0.0815. The van der Waals surface area contributed by atoms with Crippen LogP contribution in [0.25, 0.3) is 5.57 Å². The van der Waals surface area contributed by atoms with Gasteiger partial charge < -0.3 is 9.47 Å². The van der Waals surface area contributed by atoms with Gasteiger partial charge in [0.2, 0.25) is 0 Å². The largest absolute Gasteiger partial charge is 0.494 e. The van der Waals surface area contributed by atoms with Gasteiger partial charge in [0.05, 0.1) is 18.9 Å². The van der Waals surface area contributed by atoms with Crippen molar-refractivity contribution in [1.29, 1.82) is 0 Å². The maximum absolute atomic E-state index is 12.0. The lowest BCUT2D eigenvalue weighted by Gasteiger charge is -2.18. The normalized spacial score (nSPS) is 12.7. The highest BCUT2D eigenvalue weighted by molar-refractivity contribution is 6.32. The lowest BCUT2D eigenvalue weighted by atomic mass is 9.93. The summed E-state index contributed by atoms with van der Waals surface area (Å²) < 4.78 is 10.7. The van der Waals surface area contributed by atoms with Crippen LogP contribution in [0.1, 0.15) is 62.9 Å². The van der Waals surface area contributed by atoms with Gasteiger partial charge in [-0.1, -0.05) is 45.0 Å². The van der Waals surface area contributed by atoms with Crippen LogP contribution in [0.15, 0.2) is 30.6 Å². The summed E-state index contributed by atoms with van der Waals surface area (Å²) in [5.41, 5.74) is 1.67. The van der Waals surface area contributed by atoms with Gasteiger partial charge in [-0.05, 0) is 50.3 Å². The Hall–Kier alpha value is -2.14. The van der Waals surface area contributed by atoms with Crippen LogP contribution in [0.4, 0.5) is 0 Å². The van der Waals surface area contributed by atoms with E-state index < -0.39 is 5.97 Å². The van der Waals surface area contributed by atoms with E-state index in [1.54, 1.807) is 19.9 Å². The first kappa shape index (κ1) is 22.9. The zero-order valence-electron chi connectivity index (χ0n) is 17.1. The minimum Gasteiger partial charge on any atom is -0.494 e. The van der Waals surface area contributed by atoms with Crippen LogP contribution in [-0.4, -0.2) is 29.2 Å². The Morgan fingerprint density at radius 3 is 2.41 bits per heavy atom. The molecule has 0 aliphatic rings. The fourth-order valence-corrected chi connectivity index (χ4v) is 2.38. The molecule has 0 saturated heterocycles. The van der Waals surface area contributed by atoms with Crippen molar-refractivity contribution in [1.82, 2.24) is 9.97 Å². The number of ether oxygens (including phenoxy) is 2. The van der Waals surface area contributed by atoms with E-state index >= 15 is 0 Å². The Kier molecular flexibility index (Phi) is 8.70. The zero-order valence-corrected chi connectivity index (χ0v) is 17.8. The van der Waals surface area contributed by atoms with Gasteiger partial charge in [-0.25, -0.2) is 14.8 Å². The molecule has 1 aromatic heterocycles. The van der Waals surface area contributed by atoms with Crippen molar-refractivity contribution in [2.45, 2.75) is 48.0 Å². The van der Waals surface area contributed by atoms with Crippen molar-refractivity contribution in [3.63, 3.8) is 0 Å². The van der Waals surface area contributed by atoms with Crippen LogP contribution in [0.5, 0.6) is 0 Å². The number of rotatable bonds is 8. The standard InChI is InChI=1S/C21H29ClN2O3/c1-8-16(27-13-12-21(5,6)7)11-10-14(3)19-23-15(4)17(18(22)24-19)20(25)26-9-2/h8,10-11H,1,9,12-13H2,2-7H3/b14-10+,16-11+. The maximum atomic E-state index is 12.0. The van der Waals surface area contributed by atoms with Crippen LogP contribution in [-0.2, 0) is 9.47 Å². The molecule has 0 fully saturated rings. The molecule has 5 nitrogen and oxygen atoms in total. The number of aromatic nitrogens is 2. The van der Waals surface area contributed by atoms with Crippen molar-refractivity contribution < 1.29 is 14.3 Å². The van der Waals surface area contributed by atoms with Gasteiger partial charge in [-0.15, -0.1) is 0 Å². The fraction of sp³-hybridized carbons (Fsp3) is 0.476. The molecule has 0 aliphatic heterocycles. The number of nitrogens with zero attached hydrogens (tertiary/aromatic N) is 2. The summed E-state index contributed by atoms with van der Waals surface area (Å²) in [6, 6.07) is 0. The van der Waals surface area contributed by atoms with E-state index in [-0.39, 0.29) is 22.7 Å². The molecule has 27 heavy (non-hydrogen) atoms. The number of esters is 1. The predicted molar refractivity (Wildman–Crippen MR) is 110 cm³/mol. The molecule has 0 atom stereocenters. The number of hydrogen-bond donors (Lipinski definition) is 0. The second-order valence-electron chi connectivity index (χ2n) is 7.30. The summed E-state index contributed by atoms with van der Waals surface area (Å²) in [5.74, 6) is 0.596. The average molecular weight is 393 g/mol. The molecule has 0 N–H and O–H groups in total. The monoisotopic (exact) mass is 392 g/mol. The number of hydrogen-bond acceptors (Lipinski definition) is 5. The fourth-order valence-electron chi connectivity index (χ4n) is 2.08. The second-order valence-corrected chi connectivity index (χ2v) is 7.66. The molecule has 1 rings (SSSR count). The Balaban J connectivity index is 2.98. The first-order valence-corrected chi connectivity index (χ1v) is 9.32. The molecule has 0 aromatic carbocycles. The number of carbonyl (C=O) groups excluding carboxylic acids is 1. The number of allylic oxidation sites excluding steroid dienone is 4. The van der Waals surface area contributed by atoms with Crippen LogP contribution in [0, 0.1) is 12.3 Å². The molecule has 0 amide bonds. The molecule has 1 heterocycles. The van der Waals surface area contributed by atoms with Crippen molar-refractivity contribution in [3.05, 3.63) is 52.8 Å². The van der Waals surface area contributed by atoms with E-state index in [1.165, 1.54) is 0 Å². The lowest BCUT2D eigenvalue weighted by Crippen LogP contribution is -2.11. The van der Waals surface area contributed by atoms with Crippen molar-refractivity contribution in [2.75, 3.05) is 13.2 Å². The molecular formula is C21H29ClN2O3. The number of halogens is 1. The molecule has 0 radical (unpaired) electrons. The third-order valence-electron chi connectivity index (χ3n) is 3.70. The van der Waals surface area contributed by atoms with E-state index in [0.29, 0.717) is 23.9 Å². The van der Waals surface area contributed by atoms with Gasteiger partial charge in [-0.3, -0.25) is 0 Å². The summed E-state index contributed by atoms with van der Waals surface area (Å²) in [4.78, 5) is 20.6. The minimum atomic E-state index is -0.519. The Labute approximate surface area is 167 Å². The van der Waals surface area contributed by atoms with Gasteiger partial charge in [0, 0.05) is 0 Å². The van der Waals surface area contributed by atoms with Crippen LogP contribution >= 0.6 is 11.6 Å². The smallest absolute Gasteiger partial charge is 0.343 e. The van der Waals surface area contributed by atoms with E-state index in [4.69, 9.17) is 21.1 Å². The molecule has 1 aromatic rings. The highest BCUT2D eigenvalue weighted by Gasteiger charge is 2.19. The van der Waals surface area contributed by atoms with E-state index in [2.05, 4.69) is 37.3 Å². The Morgan fingerprint density at radius 2 is 1.89 bits per heavy atom. The summed E-state index contributed by atoms with van der Waals surface area (Å²) in [6.45, 7) is 16.5. The van der Waals surface area contributed by atoms with Crippen LogP contribution < -0.4 is 0 Å². The topological polar surface area (TPSA) is 61.3 Å². The third-order valence-corrected chi connectivity index (χ3v) is 3.97. The first-order chi connectivity index (χ1) is 12.6. The highest BCUT2D eigenvalue weighted by atomic mass is 35.5. The summed E-state index contributed by atoms with van der Waals surface area (Å²) in [7, 11) is 0. The molecular weight excluding hydrogens is 364 g/mol. The first-order valence-electron chi connectivity index (χ1n) is 8.94. The van der Waals surface area contributed by atoms with Crippen molar-refractivity contribution in [3.8, 4) is 0 Å². The van der Waals surface area contributed by atoms with Crippen molar-refractivity contribution >= 4 is 23.1 Å².